The molecule has 1 aromatic heterocycles. The standard InChI is InChI=1S/C19H18FN5O3/c1-13(18(26)21-11-10-14-2-6-16(20)7-3-14)28-19(27)15-4-8-17(9-5-15)25-12-22-23-24-25/h2-9,12-13H,10-11H2,1H3,(H,21,26)/t13-/m1/s1. The van der Waals surface area contributed by atoms with Gasteiger partial charge in [0.15, 0.2) is 6.10 Å². The Morgan fingerprint density at radius 3 is 2.50 bits per heavy atom. The van der Waals surface area contributed by atoms with Crippen LogP contribution < -0.4 is 5.32 Å². The molecule has 1 amide bonds. The number of hydrogen-bond acceptors (Lipinski definition) is 6. The summed E-state index contributed by atoms with van der Waals surface area (Å²) in [5.74, 6) is -1.32. The summed E-state index contributed by atoms with van der Waals surface area (Å²) in [6.07, 6.45) is 1.04. The second-order valence-electron chi connectivity index (χ2n) is 6.02. The van der Waals surface area contributed by atoms with Crippen LogP contribution >= 0.6 is 0 Å². The lowest BCUT2D eigenvalue weighted by atomic mass is 10.1. The number of rotatable bonds is 7. The Balaban J connectivity index is 1.47. The summed E-state index contributed by atoms with van der Waals surface area (Å²) in [4.78, 5) is 24.3. The number of carbonyl (C=O) groups is 2. The molecule has 0 aliphatic carbocycles. The quantitative estimate of drug-likeness (QED) is 0.624. The van der Waals surface area contributed by atoms with Crippen molar-refractivity contribution in [2.45, 2.75) is 19.4 Å². The van der Waals surface area contributed by atoms with Crippen LogP contribution in [0.2, 0.25) is 0 Å². The van der Waals surface area contributed by atoms with Crippen LogP contribution in [0.25, 0.3) is 5.69 Å². The van der Waals surface area contributed by atoms with Gasteiger partial charge < -0.3 is 10.1 Å². The maximum atomic E-state index is 12.9. The van der Waals surface area contributed by atoms with Crippen molar-refractivity contribution in [2.75, 3.05) is 6.54 Å². The predicted octanol–water partition coefficient (Wildman–Crippen LogP) is 1.71. The Kier molecular flexibility index (Phi) is 6.05. The zero-order valence-electron chi connectivity index (χ0n) is 15.1. The summed E-state index contributed by atoms with van der Waals surface area (Å²) in [7, 11) is 0. The largest absolute Gasteiger partial charge is 0.449 e. The van der Waals surface area contributed by atoms with E-state index in [0.29, 0.717) is 24.2 Å². The number of ether oxygens (including phenoxy) is 1. The molecule has 28 heavy (non-hydrogen) atoms. The molecule has 0 bridgehead atoms. The van der Waals surface area contributed by atoms with Gasteiger partial charge in [-0.2, -0.15) is 0 Å². The van der Waals surface area contributed by atoms with E-state index in [4.69, 9.17) is 4.74 Å². The highest BCUT2D eigenvalue weighted by atomic mass is 19.1. The molecule has 0 aliphatic rings. The van der Waals surface area contributed by atoms with E-state index < -0.39 is 18.0 Å². The normalized spacial score (nSPS) is 11.6. The topological polar surface area (TPSA) is 99.0 Å². The Bertz CT molecular complexity index is 927. The number of tetrazole rings is 1. The number of benzene rings is 2. The summed E-state index contributed by atoms with van der Waals surface area (Å²) in [6, 6.07) is 12.5. The van der Waals surface area contributed by atoms with Gasteiger partial charge in [0.1, 0.15) is 12.1 Å². The third-order valence-corrected chi connectivity index (χ3v) is 4.00. The van der Waals surface area contributed by atoms with Crippen LogP contribution in [0.3, 0.4) is 0 Å². The molecule has 1 atom stereocenters. The minimum absolute atomic E-state index is 0.306. The summed E-state index contributed by atoms with van der Waals surface area (Å²) < 4.78 is 19.5. The number of nitrogens with one attached hydrogen (secondary N) is 1. The van der Waals surface area contributed by atoms with Crippen molar-refractivity contribution in [3.8, 4) is 5.69 Å². The maximum Gasteiger partial charge on any atom is 0.338 e. The van der Waals surface area contributed by atoms with E-state index in [9.17, 15) is 14.0 Å². The lowest BCUT2D eigenvalue weighted by Gasteiger charge is -2.13. The van der Waals surface area contributed by atoms with Crippen molar-refractivity contribution in [1.29, 1.82) is 0 Å². The first-order chi connectivity index (χ1) is 13.5. The van der Waals surface area contributed by atoms with Crippen molar-refractivity contribution >= 4 is 11.9 Å². The first kappa shape index (κ1) is 19.2. The van der Waals surface area contributed by atoms with E-state index in [1.807, 2.05) is 0 Å². The van der Waals surface area contributed by atoms with Crippen molar-refractivity contribution in [1.82, 2.24) is 25.5 Å². The molecular weight excluding hydrogens is 365 g/mol. The van der Waals surface area contributed by atoms with Crippen LogP contribution in [0.4, 0.5) is 4.39 Å². The zero-order chi connectivity index (χ0) is 19.9. The Labute approximate surface area is 160 Å². The van der Waals surface area contributed by atoms with E-state index in [2.05, 4.69) is 20.8 Å². The Morgan fingerprint density at radius 2 is 1.86 bits per heavy atom. The van der Waals surface area contributed by atoms with E-state index in [-0.39, 0.29) is 5.82 Å². The molecule has 1 heterocycles. The summed E-state index contributed by atoms with van der Waals surface area (Å²) >= 11 is 0. The average molecular weight is 383 g/mol. The molecular formula is C19H18FN5O3. The van der Waals surface area contributed by atoms with Gasteiger partial charge >= 0.3 is 5.97 Å². The Hall–Kier alpha value is -3.62. The van der Waals surface area contributed by atoms with Crippen molar-refractivity contribution in [3.63, 3.8) is 0 Å². The molecule has 0 radical (unpaired) electrons. The van der Waals surface area contributed by atoms with Crippen LogP contribution in [-0.4, -0.2) is 44.7 Å². The first-order valence-corrected chi connectivity index (χ1v) is 8.59. The second kappa shape index (κ2) is 8.85. The van der Waals surface area contributed by atoms with Gasteiger partial charge in [0.25, 0.3) is 5.91 Å². The van der Waals surface area contributed by atoms with Gasteiger partial charge in [-0.15, -0.1) is 5.10 Å². The fourth-order valence-electron chi connectivity index (χ4n) is 2.44. The molecule has 3 rings (SSSR count). The van der Waals surface area contributed by atoms with Gasteiger partial charge in [0, 0.05) is 6.54 Å². The van der Waals surface area contributed by atoms with Crippen molar-refractivity contribution in [2.24, 2.45) is 0 Å². The predicted molar refractivity (Wildman–Crippen MR) is 97.1 cm³/mol. The maximum absolute atomic E-state index is 12.9. The van der Waals surface area contributed by atoms with E-state index in [0.717, 1.165) is 5.56 Å². The van der Waals surface area contributed by atoms with E-state index >= 15 is 0 Å². The molecule has 2 aromatic carbocycles. The molecule has 144 valence electrons. The molecule has 0 aliphatic heterocycles. The highest BCUT2D eigenvalue weighted by Gasteiger charge is 2.18. The van der Waals surface area contributed by atoms with Gasteiger partial charge in [-0.3, -0.25) is 4.79 Å². The highest BCUT2D eigenvalue weighted by Crippen LogP contribution is 2.10. The summed E-state index contributed by atoms with van der Waals surface area (Å²) in [5.41, 5.74) is 1.89. The van der Waals surface area contributed by atoms with Crippen LogP contribution in [0, 0.1) is 5.82 Å². The number of esters is 1. The third-order valence-electron chi connectivity index (χ3n) is 4.00. The van der Waals surface area contributed by atoms with Crippen molar-refractivity contribution < 1.29 is 18.7 Å². The van der Waals surface area contributed by atoms with E-state index in [1.54, 1.807) is 36.4 Å². The van der Waals surface area contributed by atoms with Crippen molar-refractivity contribution in [3.05, 3.63) is 71.8 Å². The number of halogens is 1. The summed E-state index contributed by atoms with van der Waals surface area (Å²) in [5, 5.41) is 13.5. The van der Waals surface area contributed by atoms with Crippen LogP contribution in [0.5, 0.6) is 0 Å². The molecule has 8 nitrogen and oxygen atoms in total. The molecule has 0 saturated heterocycles. The zero-order valence-corrected chi connectivity index (χ0v) is 15.1. The molecule has 1 N–H and O–H groups in total. The van der Waals surface area contributed by atoms with Gasteiger partial charge in [-0.05, 0) is 65.7 Å². The first-order valence-electron chi connectivity index (χ1n) is 8.59. The monoisotopic (exact) mass is 383 g/mol. The van der Waals surface area contributed by atoms with Gasteiger partial charge in [-0.1, -0.05) is 12.1 Å². The number of aromatic nitrogens is 4. The lowest BCUT2D eigenvalue weighted by Crippen LogP contribution is -2.36. The lowest BCUT2D eigenvalue weighted by molar-refractivity contribution is -0.129. The second-order valence-corrected chi connectivity index (χ2v) is 6.02. The smallest absolute Gasteiger partial charge is 0.338 e. The Morgan fingerprint density at radius 1 is 1.14 bits per heavy atom. The van der Waals surface area contributed by atoms with Crippen LogP contribution in [0.15, 0.2) is 54.9 Å². The molecule has 9 heteroatoms. The molecule has 0 spiro atoms. The highest BCUT2D eigenvalue weighted by molar-refractivity contribution is 5.92. The molecule has 0 unspecified atom stereocenters. The number of nitrogens with zero attached hydrogens (tertiary/aromatic N) is 4. The number of carbonyl (C=O) groups excluding carboxylic acids is 2. The van der Waals surface area contributed by atoms with Gasteiger partial charge in [0.05, 0.1) is 11.3 Å². The minimum atomic E-state index is -0.945. The fourth-order valence-corrected chi connectivity index (χ4v) is 2.44. The van der Waals surface area contributed by atoms with Crippen LogP contribution in [0.1, 0.15) is 22.8 Å². The molecule has 0 fully saturated rings. The van der Waals surface area contributed by atoms with Crippen LogP contribution in [-0.2, 0) is 16.0 Å². The fraction of sp³-hybridized carbons (Fsp3) is 0.211. The number of amides is 1. The third kappa shape index (κ3) is 4.97. The summed E-state index contributed by atoms with van der Waals surface area (Å²) in [6.45, 7) is 1.85. The average Bonchev–Trinajstić information content (AvgIpc) is 3.24. The van der Waals surface area contributed by atoms with Gasteiger partial charge in [-0.25, -0.2) is 13.9 Å². The van der Waals surface area contributed by atoms with Gasteiger partial charge in [0.2, 0.25) is 0 Å². The minimum Gasteiger partial charge on any atom is -0.449 e. The van der Waals surface area contributed by atoms with E-state index in [1.165, 1.54) is 30.1 Å². The molecule has 0 saturated carbocycles. The molecule has 3 aromatic rings. The SMILES string of the molecule is C[C@@H](OC(=O)c1ccc(-n2cnnn2)cc1)C(=O)NCCc1ccc(F)cc1. The number of hydrogen-bond donors (Lipinski definition) is 1.